The van der Waals surface area contributed by atoms with Crippen LogP contribution in [0.1, 0.15) is 12.7 Å². The van der Waals surface area contributed by atoms with Gasteiger partial charge in [0.15, 0.2) is 5.65 Å². The van der Waals surface area contributed by atoms with Gasteiger partial charge in [-0.25, -0.2) is 9.18 Å². The summed E-state index contributed by atoms with van der Waals surface area (Å²) in [6.45, 7) is 1.98. The first-order valence-electron chi connectivity index (χ1n) is 6.83. The van der Waals surface area contributed by atoms with Crippen LogP contribution in [0.4, 0.5) is 20.6 Å². The number of pyridine rings is 1. The number of nitrogens with one attached hydrogen (secondary N) is 2. The van der Waals surface area contributed by atoms with Gasteiger partial charge in [-0.2, -0.15) is 0 Å². The molecule has 0 aliphatic rings. The van der Waals surface area contributed by atoms with E-state index in [-0.39, 0.29) is 5.82 Å². The summed E-state index contributed by atoms with van der Waals surface area (Å²) in [6.07, 6.45) is 2.50. The predicted octanol–water partition coefficient (Wildman–Crippen LogP) is 3.07. The molecule has 0 aliphatic heterocycles. The van der Waals surface area contributed by atoms with E-state index in [9.17, 15) is 9.18 Å². The molecule has 2 amide bonds. The molecule has 22 heavy (non-hydrogen) atoms. The third-order valence-electron chi connectivity index (χ3n) is 3.15. The van der Waals surface area contributed by atoms with Crippen LogP contribution in [0.5, 0.6) is 0 Å². The monoisotopic (exact) mass is 299 g/mol. The molecule has 3 aromatic rings. The minimum Gasteiger partial charge on any atom is -0.308 e. The fraction of sp³-hybridized carbons (Fsp3) is 0.133. The lowest BCUT2D eigenvalue weighted by atomic mass is 10.3. The SMILES string of the molecule is CCc1nnc2ccc(NC(=O)Nc3ccc(F)cc3)cn12. The molecule has 2 N–H and O–H groups in total. The van der Waals surface area contributed by atoms with Crippen LogP contribution in [-0.2, 0) is 6.42 Å². The highest BCUT2D eigenvalue weighted by Crippen LogP contribution is 2.13. The Morgan fingerprint density at radius 1 is 1.09 bits per heavy atom. The smallest absolute Gasteiger partial charge is 0.308 e. The quantitative estimate of drug-likeness (QED) is 0.780. The van der Waals surface area contributed by atoms with E-state index < -0.39 is 6.03 Å². The van der Waals surface area contributed by atoms with Crippen molar-refractivity contribution in [1.82, 2.24) is 14.6 Å². The number of hydrogen-bond acceptors (Lipinski definition) is 3. The molecule has 0 atom stereocenters. The van der Waals surface area contributed by atoms with Gasteiger partial charge in [0.05, 0.1) is 5.69 Å². The van der Waals surface area contributed by atoms with E-state index in [0.717, 1.165) is 17.9 Å². The Bertz CT molecular complexity index is 812. The van der Waals surface area contributed by atoms with Gasteiger partial charge in [0.25, 0.3) is 0 Å². The van der Waals surface area contributed by atoms with Gasteiger partial charge in [0.1, 0.15) is 11.6 Å². The number of rotatable bonds is 3. The largest absolute Gasteiger partial charge is 0.323 e. The van der Waals surface area contributed by atoms with Gasteiger partial charge in [0.2, 0.25) is 0 Å². The molecule has 0 saturated carbocycles. The second-order valence-corrected chi connectivity index (χ2v) is 4.70. The van der Waals surface area contributed by atoms with Crippen molar-refractivity contribution in [2.24, 2.45) is 0 Å². The summed E-state index contributed by atoms with van der Waals surface area (Å²) >= 11 is 0. The molecule has 1 aromatic carbocycles. The van der Waals surface area contributed by atoms with Crippen LogP contribution < -0.4 is 10.6 Å². The zero-order valence-corrected chi connectivity index (χ0v) is 11.9. The lowest BCUT2D eigenvalue weighted by Crippen LogP contribution is -2.19. The van der Waals surface area contributed by atoms with Crippen molar-refractivity contribution in [2.75, 3.05) is 10.6 Å². The summed E-state index contributed by atoms with van der Waals surface area (Å²) in [5, 5.41) is 13.4. The Hall–Kier alpha value is -2.96. The Kier molecular flexibility index (Phi) is 3.69. The summed E-state index contributed by atoms with van der Waals surface area (Å²) < 4.78 is 14.6. The van der Waals surface area contributed by atoms with E-state index in [4.69, 9.17) is 0 Å². The fourth-order valence-electron chi connectivity index (χ4n) is 2.08. The molecule has 0 bridgehead atoms. The molecule has 0 spiro atoms. The normalized spacial score (nSPS) is 10.6. The minimum atomic E-state index is -0.405. The molecule has 2 heterocycles. The highest BCUT2D eigenvalue weighted by molar-refractivity contribution is 5.99. The molecule has 112 valence electrons. The van der Waals surface area contributed by atoms with Crippen LogP contribution in [0.25, 0.3) is 5.65 Å². The Morgan fingerprint density at radius 3 is 2.50 bits per heavy atom. The zero-order valence-electron chi connectivity index (χ0n) is 11.9. The lowest BCUT2D eigenvalue weighted by molar-refractivity contribution is 0.262. The summed E-state index contributed by atoms with van der Waals surface area (Å²) in [4.78, 5) is 11.9. The third kappa shape index (κ3) is 2.88. The van der Waals surface area contributed by atoms with Crippen LogP contribution in [0.3, 0.4) is 0 Å². The van der Waals surface area contributed by atoms with Gasteiger partial charge in [-0.1, -0.05) is 6.92 Å². The van der Waals surface area contributed by atoms with Crippen molar-refractivity contribution >= 4 is 23.1 Å². The zero-order chi connectivity index (χ0) is 15.5. The van der Waals surface area contributed by atoms with Gasteiger partial charge in [-0.3, -0.25) is 4.40 Å². The molecule has 0 fully saturated rings. The number of nitrogens with zero attached hydrogens (tertiary/aromatic N) is 3. The maximum absolute atomic E-state index is 12.8. The fourth-order valence-corrected chi connectivity index (χ4v) is 2.08. The first-order chi connectivity index (χ1) is 10.7. The van der Waals surface area contributed by atoms with Gasteiger partial charge in [-0.05, 0) is 36.4 Å². The first-order valence-corrected chi connectivity index (χ1v) is 6.83. The Balaban J connectivity index is 1.74. The van der Waals surface area contributed by atoms with Crippen LogP contribution in [-0.4, -0.2) is 20.6 Å². The molecule has 3 rings (SSSR count). The van der Waals surface area contributed by atoms with Crippen LogP contribution >= 0.6 is 0 Å². The lowest BCUT2D eigenvalue weighted by Gasteiger charge is -2.08. The highest BCUT2D eigenvalue weighted by atomic mass is 19.1. The number of hydrogen-bond donors (Lipinski definition) is 2. The first kappa shape index (κ1) is 14.0. The predicted molar refractivity (Wildman–Crippen MR) is 81.4 cm³/mol. The summed E-state index contributed by atoms with van der Waals surface area (Å²) in [7, 11) is 0. The summed E-state index contributed by atoms with van der Waals surface area (Å²) in [5.74, 6) is 0.466. The Morgan fingerprint density at radius 2 is 1.77 bits per heavy atom. The van der Waals surface area contributed by atoms with Crippen LogP contribution in [0.15, 0.2) is 42.6 Å². The van der Waals surface area contributed by atoms with Crippen LogP contribution in [0, 0.1) is 5.82 Å². The van der Waals surface area contributed by atoms with E-state index >= 15 is 0 Å². The number of fused-ring (bicyclic) bond motifs is 1. The molecule has 0 unspecified atom stereocenters. The summed E-state index contributed by atoms with van der Waals surface area (Å²) in [5.41, 5.74) is 1.85. The number of carbonyl (C=O) groups excluding carboxylic acids is 1. The number of anilines is 2. The van der Waals surface area contributed by atoms with E-state index in [1.807, 2.05) is 11.3 Å². The molecule has 6 nitrogen and oxygen atoms in total. The summed E-state index contributed by atoms with van der Waals surface area (Å²) in [6, 6.07) is 8.67. The van der Waals surface area contributed by atoms with Crippen molar-refractivity contribution < 1.29 is 9.18 Å². The molecule has 0 aliphatic carbocycles. The molecular weight excluding hydrogens is 285 g/mol. The van der Waals surface area contributed by atoms with Crippen LogP contribution in [0.2, 0.25) is 0 Å². The van der Waals surface area contributed by atoms with Crippen molar-refractivity contribution in [1.29, 1.82) is 0 Å². The van der Waals surface area contributed by atoms with Crippen molar-refractivity contribution in [3.63, 3.8) is 0 Å². The number of aryl methyl sites for hydroxylation is 1. The van der Waals surface area contributed by atoms with Gasteiger partial charge < -0.3 is 10.6 Å². The maximum atomic E-state index is 12.8. The minimum absolute atomic E-state index is 0.351. The molecule has 0 saturated heterocycles. The van der Waals surface area contributed by atoms with E-state index in [1.54, 1.807) is 18.3 Å². The number of urea groups is 1. The third-order valence-corrected chi connectivity index (χ3v) is 3.15. The highest BCUT2D eigenvalue weighted by Gasteiger charge is 2.07. The maximum Gasteiger partial charge on any atom is 0.323 e. The number of carbonyl (C=O) groups is 1. The van der Waals surface area contributed by atoms with E-state index in [2.05, 4.69) is 20.8 Å². The van der Waals surface area contributed by atoms with E-state index in [0.29, 0.717) is 11.4 Å². The number of benzene rings is 1. The topological polar surface area (TPSA) is 71.3 Å². The molecule has 2 aromatic heterocycles. The van der Waals surface area contributed by atoms with Crippen molar-refractivity contribution in [3.8, 4) is 0 Å². The Labute approximate surface area is 126 Å². The number of aromatic nitrogens is 3. The number of halogens is 1. The van der Waals surface area contributed by atoms with Gasteiger partial charge in [-0.15, -0.1) is 10.2 Å². The van der Waals surface area contributed by atoms with Crippen molar-refractivity contribution in [2.45, 2.75) is 13.3 Å². The second-order valence-electron chi connectivity index (χ2n) is 4.70. The molecular formula is C15H14FN5O. The van der Waals surface area contributed by atoms with Gasteiger partial charge >= 0.3 is 6.03 Å². The van der Waals surface area contributed by atoms with E-state index in [1.165, 1.54) is 24.3 Å². The number of amides is 2. The second kappa shape index (κ2) is 5.80. The average molecular weight is 299 g/mol. The molecule has 7 heteroatoms. The average Bonchev–Trinajstić information content (AvgIpc) is 2.92. The standard InChI is InChI=1S/C15H14FN5O/c1-2-13-19-20-14-8-7-12(9-21(13)14)18-15(22)17-11-5-3-10(16)4-6-11/h3-9H,2H2,1H3,(H2,17,18,22). The van der Waals surface area contributed by atoms with Gasteiger partial charge in [0, 0.05) is 18.3 Å². The molecule has 0 radical (unpaired) electrons. The van der Waals surface area contributed by atoms with Crippen molar-refractivity contribution in [3.05, 3.63) is 54.2 Å².